The van der Waals surface area contributed by atoms with Crippen LogP contribution in [-0.2, 0) is 6.54 Å². The smallest absolute Gasteiger partial charge is 0.0555 e. The molecule has 1 heterocycles. The second kappa shape index (κ2) is 8.47. The zero-order valence-corrected chi connectivity index (χ0v) is 17.6. The molecule has 1 aliphatic heterocycles. The lowest BCUT2D eigenvalue weighted by Crippen LogP contribution is -2.43. The van der Waals surface area contributed by atoms with Crippen LogP contribution in [0.1, 0.15) is 11.1 Å². The summed E-state index contributed by atoms with van der Waals surface area (Å²) >= 11 is 6.00. The molecule has 0 aromatic heterocycles. The molecule has 150 valence electrons. The van der Waals surface area contributed by atoms with Gasteiger partial charge in [0.2, 0.25) is 0 Å². The topological polar surface area (TPSA) is 18.8 Å². The Hall–Kier alpha value is -2.88. The molecule has 1 aliphatic rings. The molecule has 0 atom stereocenters. The number of benzene rings is 4. The van der Waals surface area contributed by atoms with E-state index in [0.29, 0.717) is 0 Å². The van der Waals surface area contributed by atoms with Crippen molar-refractivity contribution in [1.82, 2.24) is 9.91 Å². The first-order valence-corrected chi connectivity index (χ1v) is 10.8. The molecule has 0 spiro atoms. The first-order chi connectivity index (χ1) is 14.8. The van der Waals surface area contributed by atoms with Crippen molar-refractivity contribution >= 4 is 39.4 Å². The number of hydrogen-bond donors (Lipinski definition) is 0. The highest BCUT2D eigenvalue weighted by atomic mass is 35.5. The van der Waals surface area contributed by atoms with Gasteiger partial charge in [-0.25, -0.2) is 0 Å². The fraction of sp³-hybridized carbons (Fsp3) is 0.192. The highest BCUT2D eigenvalue weighted by Gasteiger charge is 2.15. The number of hydrogen-bond acceptors (Lipinski definition) is 3. The Morgan fingerprint density at radius 3 is 2.00 bits per heavy atom. The summed E-state index contributed by atoms with van der Waals surface area (Å²) in [6.45, 7) is 4.86. The summed E-state index contributed by atoms with van der Waals surface area (Å²) in [7, 11) is 0. The van der Waals surface area contributed by atoms with Crippen LogP contribution >= 0.6 is 11.6 Å². The molecular weight excluding hydrogens is 390 g/mol. The molecule has 4 aromatic carbocycles. The Labute approximate surface area is 182 Å². The second-order valence-electron chi connectivity index (χ2n) is 7.83. The Morgan fingerprint density at radius 1 is 0.767 bits per heavy atom. The van der Waals surface area contributed by atoms with Gasteiger partial charge in [-0.3, -0.25) is 9.91 Å². The number of nitrogens with zero attached hydrogens (tertiary/aromatic N) is 3. The first-order valence-electron chi connectivity index (χ1n) is 10.4. The van der Waals surface area contributed by atoms with Crippen molar-refractivity contribution in [3.63, 3.8) is 0 Å². The summed E-state index contributed by atoms with van der Waals surface area (Å²) in [6, 6.07) is 27.5. The molecule has 0 unspecified atom stereocenters. The third-order valence-corrected chi connectivity index (χ3v) is 6.08. The lowest BCUT2D eigenvalue weighted by molar-refractivity contribution is 0.131. The van der Waals surface area contributed by atoms with E-state index in [9.17, 15) is 0 Å². The van der Waals surface area contributed by atoms with Crippen LogP contribution in [0.4, 0.5) is 0 Å². The van der Waals surface area contributed by atoms with Crippen LogP contribution in [0, 0.1) is 0 Å². The van der Waals surface area contributed by atoms with Gasteiger partial charge in [-0.1, -0.05) is 72.3 Å². The quantitative estimate of drug-likeness (QED) is 0.311. The van der Waals surface area contributed by atoms with E-state index in [-0.39, 0.29) is 0 Å². The van der Waals surface area contributed by atoms with Crippen LogP contribution in [-0.4, -0.2) is 42.3 Å². The van der Waals surface area contributed by atoms with Gasteiger partial charge in [-0.2, -0.15) is 5.10 Å². The number of hydrazone groups is 1. The third kappa shape index (κ3) is 4.04. The minimum absolute atomic E-state index is 0.791. The SMILES string of the molecule is Clc1ccc(CN2CCN(N=Cc3c4ccccc4cc4ccccc34)CC2)cc1. The van der Waals surface area contributed by atoms with E-state index in [0.717, 1.165) is 37.7 Å². The number of rotatable bonds is 4. The van der Waals surface area contributed by atoms with Gasteiger partial charge in [-0.05, 0) is 45.3 Å². The zero-order valence-electron chi connectivity index (χ0n) is 16.8. The van der Waals surface area contributed by atoms with Crippen molar-refractivity contribution in [3.8, 4) is 0 Å². The van der Waals surface area contributed by atoms with Crippen molar-refractivity contribution in [1.29, 1.82) is 0 Å². The average Bonchev–Trinajstić information content (AvgIpc) is 2.79. The van der Waals surface area contributed by atoms with Crippen LogP contribution in [0.15, 0.2) is 84.0 Å². The molecule has 0 bridgehead atoms. The summed E-state index contributed by atoms with van der Waals surface area (Å²) in [5.41, 5.74) is 2.51. The largest absolute Gasteiger partial charge is 0.295 e. The molecular formula is C26H24ClN3. The zero-order chi connectivity index (χ0) is 20.3. The molecule has 1 saturated heterocycles. The molecule has 3 nitrogen and oxygen atoms in total. The Bertz CT molecular complexity index is 1140. The molecule has 0 radical (unpaired) electrons. The minimum Gasteiger partial charge on any atom is -0.295 e. The van der Waals surface area contributed by atoms with Crippen molar-refractivity contribution < 1.29 is 0 Å². The van der Waals surface area contributed by atoms with Crippen molar-refractivity contribution in [2.75, 3.05) is 26.2 Å². The summed E-state index contributed by atoms with van der Waals surface area (Å²) in [5.74, 6) is 0. The monoisotopic (exact) mass is 413 g/mol. The van der Waals surface area contributed by atoms with Crippen molar-refractivity contribution in [2.45, 2.75) is 6.54 Å². The van der Waals surface area contributed by atoms with E-state index in [1.807, 2.05) is 12.1 Å². The molecule has 5 rings (SSSR count). The normalized spacial score (nSPS) is 15.4. The molecule has 0 aliphatic carbocycles. The van der Waals surface area contributed by atoms with Gasteiger partial charge in [-0.15, -0.1) is 0 Å². The van der Waals surface area contributed by atoms with E-state index < -0.39 is 0 Å². The fourth-order valence-corrected chi connectivity index (χ4v) is 4.31. The maximum Gasteiger partial charge on any atom is 0.0555 e. The third-order valence-electron chi connectivity index (χ3n) is 5.83. The van der Waals surface area contributed by atoms with E-state index in [1.165, 1.54) is 32.7 Å². The Morgan fingerprint density at radius 2 is 1.37 bits per heavy atom. The fourth-order valence-electron chi connectivity index (χ4n) is 4.19. The molecule has 1 fully saturated rings. The van der Waals surface area contributed by atoms with Crippen LogP contribution < -0.4 is 0 Å². The van der Waals surface area contributed by atoms with Gasteiger partial charge in [0, 0.05) is 43.3 Å². The van der Waals surface area contributed by atoms with Crippen LogP contribution in [0.5, 0.6) is 0 Å². The Kier molecular flexibility index (Phi) is 5.39. The minimum atomic E-state index is 0.791. The van der Waals surface area contributed by atoms with Crippen molar-refractivity contribution in [2.24, 2.45) is 5.10 Å². The number of piperazine rings is 1. The van der Waals surface area contributed by atoms with E-state index in [4.69, 9.17) is 16.7 Å². The number of fused-ring (bicyclic) bond motifs is 2. The lowest BCUT2D eigenvalue weighted by Gasteiger charge is -2.33. The van der Waals surface area contributed by atoms with Gasteiger partial charge < -0.3 is 0 Å². The van der Waals surface area contributed by atoms with E-state index in [2.05, 4.69) is 82.9 Å². The second-order valence-corrected chi connectivity index (χ2v) is 8.27. The lowest BCUT2D eigenvalue weighted by atomic mass is 9.97. The van der Waals surface area contributed by atoms with Crippen LogP contribution in [0.3, 0.4) is 0 Å². The molecule has 4 aromatic rings. The number of halogens is 1. The van der Waals surface area contributed by atoms with E-state index in [1.54, 1.807) is 0 Å². The first kappa shape index (κ1) is 19.1. The average molecular weight is 414 g/mol. The predicted octanol–water partition coefficient (Wildman–Crippen LogP) is 5.80. The van der Waals surface area contributed by atoms with E-state index >= 15 is 0 Å². The molecule has 30 heavy (non-hydrogen) atoms. The summed E-state index contributed by atoms with van der Waals surface area (Å²) in [4.78, 5) is 2.47. The van der Waals surface area contributed by atoms with Gasteiger partial charge in [0.1, 0.15) is 0 Å². The molecule has 0 amide bonds. The summed E-state index contributed by atoms with van der Waals surface area (Å²) in [6.07, 6.45) is 2.06. The van der Waals surface area contributed by atoms with Crippen LogP contribution in [0.2, 0.25) is 5.02 Å². The highest BCUT2D eigenvalue weighted by Crippen LogP contribution is 2.27. The van der Waals surface area contributed by atoms with Gasteiger partial charge in [0.15, 0.2) is 0 Å². The highest BCUT2D eigenvalue weighted by molar-refractivity contribution is 6.30. The summed E-state index contributed by atoms with van der Waals surface area (Å²) < 4.78 is 0. The Balaban J connectivity index is 1.32. The maximum atomic E-state index is 6.00. The molecule has 0 saturated carbocycles. The van der Waals surface area contributed by atoms with Crippen molar-refractivity contribution in [3.05, 3.63) is 95.0 Å². The molecule has 4 heteroatoms. The summed E-state index contributed by atoms with van der Waals surface area (Å²) in [5, 5.41) is 12.9. The predicted molar refractivity (Wildman–Crippen MR) is 127 cm³/mol. The maximum absolute atomic E-state index is 6.00. The molecule has 0 N–H and O–H groups in total. The van der Waals surface area contributed by atoms with Crippen LogP contribution in [0.25, 0.3) is 21.5 Å². The standard InChI is InChI=1S/C26H24ClN3/c27-23-11-9-20(10-12-23)19-29-13-15-30(16-14-29)28-18-26-24-7-3-1-5-21(24)17-22-6-2-4-8-25(22)26/h1-12,17-18H,13-16,19H2. The van der Waals surface area contributed by atoms with Gasteiger partial charge >= 0.3 is 0 Å². The van der Waals surface area contributed by atoms with Gasteiger partial charge in [0.25, 0.3) is 0 Å². The van der Waals surface area contributed by atoms with Gasteiger partial charge in [0.05, 0.1) is 6.21 Å².